The van der Waals surface area contributed by atoms with E-state index >= 15 is 0 Å². The second-order valence-corrected chi connectivity index (χ2v) is 6.83. The summed E-state index contributed by atoms with van der Waals surface area (Å²) in [6, 6.07) is 1.89. The number of benzene rings is 1. The van der Waals surface area contributed by atoms with Crippen LogP contribution in [0.4, 0.5) is 8.78 Å². The Morgan fingerprint density at radius 3 is 2.25 bits per heavy atom. The van der Waals surface area contributed by atoms with Gasteiger partial charge in [-0.1, -0.05) is 20.8 Å². The quantitative estimate of drug-likeness (QED) is 0.891. The van der Waals surface area contributed by atoms with Crippen LogP contribution in [0, 0.1) is 17.0 Å². The first-order valence-electron chi connectivity index (χ1n) is 6.42. The summed E-state index contributed by atoms with van der Waals surface area (Å²) in [7, 11) is 0. The average Bonchev–Trinajstić information content (AvgIpc) is 2.21. The fourth-order valence-corrected chi connectivity index (χ4v) is 2.47. The number of nitrogens with one attached hydrogen (secondary N) is 1. The second kappa shape index (κ2) is 5.38. The van der Waals surface area contributed by atoms with Crippen molar-refractivity contribution in [2.45, 2.75) is 46.6 Å². The van der Waals surface area contributed by atoms with Crippen LogP contribution in [0.15, 0.2) is 12.1 Å². The number of carbonyl (C=O) groups excluding carboxylic acids is 1. The van der Waals surface area contributed by atoms with Crippen molar-refractivity contribution >= 4 is 5.91 Å². The highest BCUT2D eigenvalue weighted by Crippen LogP contribution is 2.28. The SMILES string of the molecule is CC(C)(C)CC(C)(C)NC(=O)c1ccc(F)c(F)c1O. The minimum Gasteiger partial charge on any atom is -0.504 e. The molecule has 5 heteroatoms. The topological polar surface area (TPSA) is 49.3 Å². The largest absolute Gasteiger partial charge is 0.504 e. The molecule has 0 radical (unpaired) electrons. The van der Waals surface area contributed by atoms with Crippen LogP contribution >= 0.6 is 0 Å². The minimum atomic E-state index is -1.41. The Morgan fingerprint density at radius 2 is 1.75 bits per heavy atom. The van der Waals surface area contributed by atoms with Crippen LogP contribution in [0.3, 0.4) is 0 Å². The number of aromatic hydroxyl groups is 1. The molecular formula is C15H21F2NO2. The summed E-state index contributed by atoms with van der Waals surface area (Å²) in [5.41, 5.74) is -0.814. The van der Waals surface area contributed by atoms with Crippen molar-refractivity contribution in [2.24, 2.45) is 5.41 Å². The number of halogens is 2. The predicted molar refractivity (Wildman–Crippen MR) is 73.6 cm³/mol. The summed E-state index contributed by atoms with van der Waals surface area (Å²) >= 11 is 0. The number of rotatable bonds is 3. The molecule has 0 fully saturated rings. The predicted octanol–water partition coefficient (Wildman–Crippen LogP) is 3.62. The zero-order chi connectivity index (χ0) is 15.7. The molecule has 3 nitrogen and oxygen atoms in total. The van der Waals surface area contributed by atoms with Gasteiger partial charge in [0, 0.05) is 5.54 Å². The minimum absolute atomic E-state index is 0.00707. The highest BCUT2D eigenvalue weighted by Gasteiger charge is 2.28. The zero-order valence-corrected chi connectivity index (χ0v) is 12.5. The van der Waals surface area contributed by atoms with Gasteiger partial charge >= 0.3 is 0 Å². The van der Waals surface area contributed by atoms with Gasteiger partial charge in [0.2, 0.25) is 5.82 Å². The van der Waals surface area contributed by atoms with Crippen molar-refractivity contribution < 1.29 is 18.7 Å². The lowest BCUT2D eigenvalue weighted by atomic mass is 9.81. The third-order valence-corrected chi connectivity index (χ3v) is 2.74. The van der Waals surface area contributed by atoms with E-state index in [2.05, 4.69) is 5.32 Å². The van der Waals surface area contributed by atoms with E-state index in [4.69, 9.17) is 0 Å². The van der Waals surface area contributed by atoms with Crippen molar-refractivity contribution in [3.05, 3.63) is 29.3 Å². The van der Waals surface area contributed by atoms with Gasteiger partial charge in [-0.25, -0.2) is 4.39 Å². The first-order chi connectivity index (χ1) is 8.93. The lowest BCUT2D eigenvalue weighted by molar-refractivity contribution is 0.0887. The van der Waals surface area contributed by atoms with E-state index in [1.807, 2.05) is 34.6 Å². The van der Waals surface area contributed by atoms with Crippen molar-refractivity contribution in [3.63, 3.8) is 0 Å². The fourth-order valence-electron chi connectivity index (χ4n) is 2.47. The molecule has 2 N–H and O–H groups in total. The van der Waals surface area contributed by atoms with E-state index in [-0.39, 0.29) is 11.0 Å². The maximum Gasteiger partial charge on any atom is 0.255 e. The Kier molecular flexibility index (Phi) is 4.42. The van der Waals surface area contributed by atoms with E-state index in [1.54, 1.807) is 0 Å². The molecule has 0 aliphatic heterocycles. The van der Waals surface area contributed by atoms with Gasteiger partial charge in [-0.2, -0.15) is 4.39 Å². The number of amides is 1. The maximum absolute atomic E-state index is 13.3. The van der Waals surface area contributed by atoms with Gasteiger partial charge in [0.05, 0.1) is 5.56 Å². The summed E-state index contributed by atoms with van der Waals surface area (Å²) in [5, 5.41) is 12.2. The molecule has 20 heavy (non-hydrogen) atoms. The maximum atomic E-state index is 13.3. The van der Waals surface area contributed by atoms with Gasteiger partial charge in [-0.15, -0.1) is 0 Å². The Hall–Kier alpha value is -1.65. The first-order valence-corrected chi connectivity index (χ1v) is 6.42. The molecule has 0 heterocycles. The summed E-state index contributed by atoms with van der Waals surface area (Å²) in [6.07, 6.45) is 0.691. The molecule has 0 aromatic heterocycles. The molecule has 0 spiro atoms. The Balaban J connectivity index is 2.95. The normalized spacial score (nSPS) is 12.3. The number of carbonyl (C=O) groups is 1. The number of hydrogen-bond donors (Lipinski definition) is 2. The zero-order valence-electron chi connectivity index (χ0n) is 12.5. The van der Waals surface area contributed by atoms with E-state index < -0.39 is 28.8 Å². The molecule has 0 bridgehead atoms. The molecule has 1 aromatic rings. The monoisotopic (exact) mass is 285 g/mol. The summed E-state index contributed by atoms with van der Waals surface area (Å²) in [5.74, 6) is -4.19. The highest BCUT2D eigenvalue weighted by molar-refractivity contribution is 5.97. The number of hydrogen-bond acceptors (Lipinski definition) is 2. The molecule has 0 atom stereocenters. The van der Waals surface area contributed by atoms with E-state index in [0.29, 0.717) is 6.42 Å². The third-order valence-electron chi connectivity index (χ3n) is 2.74. The molecule has 0 saturated carbocycles. The number of phenols is 1. The summed E-state index contributed by atoms with van der Waals surface area (Å²) in [6.45, 7) is 9.79. The van der Waals surface area contributed by atoms with Gasteiger partial charge in [-0.3, -0.25) is 4.79 Å². The number of phenolic OH excluding ortho intramolecular Hbond substituents is 1. The first kappa shape index (κ1) is 16.4. The van der Waals surface area contributed by atoms with Crippen LogP contribution in [0.25, 0.3) is 0 Å². The van der Waals surface area contributed by atoms with Crippen LogP contribution in [0.2, 0.25) is 0 Å². The van der Waals surface area contributed by atoms with E-state index in [9.17, 15) is 18.7 Å². The lowest BCUT2D eigenvalue weighted by Crippen LogP contribution is -2.45. The smallest absolute Gasteiger partial charge is 0.255 e. The van der Waals surface area contributed by atoms with Crippen molar-refractivity contribution in [3.8, 4) is 5.75 Å². The molecule has 1 rings (SSSR count). The molecule has 1 aromatic carbocycles. The molecule has 0 aliphatic rings. The van der Waals surface area contributed by atoms with Crippen LogP contribution in [0.1, 0.15) is 51.4 Å². The summed E-state index contributed by atoms with van der Waals surface area (Å²) < 4.78 is 26.2. The fraction of sp³-hybridized carbons (Fsp3) is 0.533. The van der Waals surface area contributed by atoms with E-state index in [0.717, 1.165) is 12.1 Å². The molecular weight excluding hydrogens is 264 g/mol. The molecule has 0 unspecified atom stereocenters. The second-order valence-electron chi connectivity index (χ2n) is 6.83. The van der Waals surface area contributed by atoms with Gasteiger partial charge in [-0.05, 0) is 37.8 Å². The van der Waals surface area contributed by atoms with Crippen LogP contribution < -0.4 is 5.32 Å². The van der Waals surface area contributed by atoms with Gasteiger partial charge in [0.1, 0.15) is 0 Å². The Labute approximate surface area is 118 Å². The van der Waals surface area contributed by atoms with Crippen LogP contribution in [-0.4, -0.2) is 16.6 Å². The molecule has 0 aliphatic carbocycles. The van der Waals surface area contributed by atoms with E-state index in [1.165, 1.54) is 0 Å². The Morgan fingerprint density at radius 1 is 1.20 bits per heavy atom. The molecule has 1 amide bonds. The lowest BCUT2D eigenvalue weighted by Gasteiger charge is -2.33. The van der Waals surface area contributed by atoms with Crippen molar-refractivity contribution in [2.75, 3.05) is 0 Å². The van der Waals surface area contributed by atoms with Crippen LogP contribution in [0.5, 0.6) is 5.75 Å². The van der Waals surface area contributed by atoms with Gasteiger partial charge in [0.25, 0.3) is 5.91 Å². The average molecular weight is 285 g/mol. The van der Waals surface area contributed by atoms with Gasteiger partial charge < -0.3 is 10.4 Å². The summed E-state index contributed by atoms with van der Waals surface area (Å²) in [4.78, 5) is 12.1. The van der Waals surface area contributed by atoms with Crippen molar-refractivity contribution in [1.29, 1.82) is 0 Å². The Bertz CT molecular complexity index is 519. The molecule has 0 saturated heterocycles. The highest BCUT2D eigenvalue weighted by atomic mass is 19.2. The standard InChI is InChI=1S/C15H21F2NO2/c1-14(2,3)8-15(4,5)18-13(20)9-6-7-10(16)11(17)12(9)19/h6-7,19H,8H2,1-5H3,(H,18,20). The van der Waals surface area contributed by atoms with Crippen LogP contribution in [-0.2, 0) is 0 Å². The van der Waals surface area contributed by atoms with Gasteiger partial charge in [0.15, 0.2) is 11.6 Å². The molecule has 112 valence electrons. The van der Waals surface area contributed by atoms with Crippen molar-refractivity contribution in [1.82, 2.24) is 5.32 Å². The third kappa shape index (κ3) is 4.18.